The van der Waals surface area contributed by atoms with E-state index < -0.39 is 5.97 Å². The summed E-state index contributed by atoms with van der Waals surface area (Å²) in [6.45, 7) is 2.41. The Bertz CT molecular complexity index is 1020. The molecule has 2 heterocycles. The van der Waals surface area contributed by atoms with Gasteiger partial charge in [-0.15, -0.1) is 0 Å². The van der Waals surface area contributed by atoms with Crippen LogP contribution in [0.4, 0.5) is 0 Å². The number of fused-ring (bicyclic) bond motifs is 2. The summed E-state index contributed by atoms with van der Waals surface area (Å²) < 4.78 is 18.9. The monoisotopic (exact) mass is 340 g/mol. The van der Waals surface area contributed by atoms with Gasteiger partial charge in [-0.25, -0.2) is 9.59 Å². The molecule has 0 atom stereocenters. The summed E-state index contributed by atoms with van der Waals surface area (Å²) in [7, 11) is 0. The van der Waals surface area contributed by atoms with Gasteiger partial charge in [0.2, 0.25) is 6.79 Å². The minimum Gasteiger partial charge on any atom is -0.454 e. The Kier molecular flexibility index (Phi) is 3.68. The van der Waals surface area contributed by atoms with Crippen LogP contribution < -0.4 is 19.9 Å². The molecule has 2 aromatic carbocycles. The van der Waals surface area contributed by atoms with E-state index in [-0.39, 0.29) is 19.0 Å². The molecule has 0 spiro atoms. The second-order valence-electron chi connectivity index (χ2n) is 5.59. The average Bonchev–Trinajstić information content (AvgIpc) is 3.18. The van der Waals surface area contributed by atoms with E-state index >= 15 is 0 Å². The average molecular weight is 340 g/mol. The number of carbonyl (C=O) groups excluding carboxylic acids is 1. The highest BCUT2D eigenvalue weighted by Gasteiger charge is 2.18. The van der Waals surface area contributed by atoms with Crippen LogP contribution in [-0.4, -0.2) is 21.9 Å². The van der Waals surface area contributed by atoms with E-state index in [1.54, 1.807) is 22.8 Å². The van der Waals surface area contributed by atoms with Gasteiger partial charge >= 0.3 is 11.7 Å². The van der Waals surface area contributed by atoms with Gasteiger partial charge in [-0.1, -0.05) is 12.1 Å². The molecule has 0 amide bonds. The zero-order valence-corrected chi connectivity index (χ0v) is 13.6. The maximum Gasteiger partial charge on any atom is 0.331 e. The summed E-state index contributed by atoms with van der Waals surface area (Å²) in [6, 6.07) is 12.3. The zero-order chi connectivity index (χ0) is 17.4. The summed E-state index contributed by atoms with van der Waals surface area (Å²) in [5, 5.41) is 0. The predicted molar refractivity (Wildman–Crippen MR) is 90.1 cm³/mol. The molecule has 4 rings (SSSR count). The summed E-state index contributed by atoms with van der Waals surface area (Å²) in [6.07, 6.45) is 0. The lowest BCUT2D eigenvalue weighted by molar-refractivity contribution is -0.135. The van der Waals surface area contributed by atoms with Crippen LogP contribution >= 0.6 is 0 Å². The molecular formula is C18H16N2O5. The fraction of sp³-hybridized carbons (Fsp3) is 0.222. The van der Waals surface area contributed by atoms with Crippen molar-refractivity contribution in [2.45, 2.75) is 20.0 Å². The minimum atomic E-state index is -0.528. The maximum absolute atomic E-state index is 12.5. The number of carbonyl (C=O) groups is 1. The first-order valence-electron chi connectivity index (χ1n) is 7.96. The smallest absolute Gasteiger partial charge is 0.331 e. The summed E-state index contributed by atoms with van der Waals surface area (Å²) in [5.74, 6) is 0.966. The molecule has 1 aliphatic rings. The topological polar surface area (TPSA) is 71.7 Å². The number of rotatable bonds is 4. The number of hydrogen-bond acceptors (Lipinski definition) is 5. The molecule has 0 saturated carbocycles. The first kappa shape index (κ1) is 15.3. The molecule has 25 heavy (non-hydrogen) atoms. The number of imidazole rings is 1. The van der Waals surface area contributed by atoms with Crippen molar-refractivity contribution in [3.8, 4) is 17.2 Å². The third-order valence-electron chi connectivity index (χ3n) is 4.10. The molecule has 0 N–H and O–H groups in total. The van der Waals surface area contributed by atoms with Crippen molar-refractivity contribution in [1.82, 2.24) is 9.13 Å². The van der Waals surface area contributed by atoms with Gasteiger partial charge in [-0.3, -0.25) is 9.13 Å². The Morgan fingerprint density at radius 3 is 2.56 bits per heavy atom. The van der Waals surface area contributed by atoms with Crippen LogP contribution in [-0.2, 0) is 17.9 Å². The van der Waals surface area contributed by atoms with Crippen LogP contribution in [0.1, 0.15) is 6.92 Å². The van der Waals surface area contributed by atoms with E-state index in [9.17, 15) is 9.59 Å². The van der Waals surface area contributed by atoms with Gasteiger partial charge in [-0.05, 0) is 31.2 Å². The molecule has 1 aromatic heterocycles. The molecule has 3 aromatic rings. The number of nitrogens with zero attached hydrogens (tertiary/aromatic N) is 2. The van der Waals surface area contributed by atoms with Crippen molar-refractivity contribution in [3.05, 3.63) is 52.9 Å². The Hall–Kier alpha value is -3.22. The van der Waals surface area contributed by atoms with Crippen LogP contribution in [0.2, 0.25) is 0 Å². The number of esters is 1. The second kappa shape index (κ2) is 6.01. The Balaban J connectivity index is 1.60. The molecule has 0 saturated heterocycles. The highest BCUT2D eigenvalue weighted by atomic mass is 16.7. The molecule has 0 unspecified atom stereocenters. The van der Waals surface area contributed by atoms with Crippen LogP contribution in [0, 0.1) is 0 Å². The molecule has 0 aliphatic carbocycles. The normalized spacial score (nSPS) is 12.5. The molecule has 7 nitrogen and oxygen atoms in total. The molecule has 0 bridgehead atoms. The third kappa shape index (κ3) is 2.63. The van der Waals surface area contributed by atoms with Crippen molar-refractivity contribution < 1.29 is 19.0 Å². The van der Waals surface area contributed by atoms with Crippen LogP contribution in [0.15, 0.2) is 47.3 Å². The standard InChI is InChI=1S/C18H16N2O5/c1-2-19-13-5-3-4-6-14(13)20(18(19)22)10-17(21)25-12-7-8-15-16(9-12)24-11-23-15/h3-9H,2,10-11H2,1H3. The quantitative estimate of drug-likeness (QED) is 0.538. The first-order valence-corrected chi connectivity index (χ1v) is 7.96. The van der Waals surface area contributed by atoms with Crippen molar-refractivity contribution in [1.29, 1.82) is 0 Å². The summed E-state index contributed by atoms with van der Waals surface area (Å²) in [5.41, 5.74) is 1.27. The predicted octanol–water partition coefficient (Wildman–Crippen LogP) is 2.16. The van der Waals surface area contributed by atoms with E-state index in [1.807, 2.05) is 31.2 Å². The van der Waals surface area contributed by atoms with Gasteiger partial charge in [0.15, 0.2) is 11.5 Å². The highest BCUT2D eigenvalue weighted by Crippen LogP contribution is 2.35. The van der Waals surface area contributed by atoms with Crippen molar-refractivity contribution in [2.24, 2.45) is 0 Å². The minimum absolute atomic E-state index is 0.151. The Morgan fingerprint density at radius 2 is 1.80 bits per heavy atom. The van der Waals surface area contributed by atoms with E-state index in [2.05, 4.69) is 0 Å². The van der Waals surface area contributed by atoms with Crippen LogP contribution in [0.5, 0.6) is 17.2 Å². The molecular weight excluding hydrogens is 324 g/mol. The Labute approximate surface area is 143 Å². The van der Waals surface area contributed by atoms with E-state index in [1.165, 1.54) is 4.57 Å². The number of hydrogen-bond donors (Lipinski definition) is 0. The van der Waals surface area contributed by atoms with E-state index in [0.717, 1.165) is 5.52 Å². The third-order valence-corrected chi connectivity index (χ3v) is 4.10. The Morgan fingerprint density at radius 1 is 1.08 bits per heavy atom. The molecule has 7 heteroatoms. The summed E-state index contributed by atoms with van der Waals surface area (Å²) >= 11 is 0. The molecule has 0 fully saturated rings. The number of aryl methyl sites for hydroxylation is 1. The van der Waals surface area contributed by atoms with Crippen molar-refractivity contribution in [3.63, 3.8) is 0 Å². The van der Waals surface area contributed by atoms with Gasteiger partial charge in [0.05, 0.1) is 11.0 Å². The fourth-order valence-electron chi connectivity index (χ4n) is 2.96. The lowest BCUT2D eigenvalue weighted by Crippen LogP contribution is -2.28. The highest BCUT2D eigenvalue weighted by molar-refractivity contribution is 5.79. The van der Waals surface area contributed by atoms with Crippen LogP contribution in [0.3, 0.4) is 0 Å². The largest absolute Gasteiger partial charge is 0.454 e. The maximum atomic E-state index is 12.5. The van der Waals surface area contributed by atoms with Gasteiger partial charge in [-0.2, -0.15) is 0 Å². The van der Waals surface area contributed by atoms with Gasteiger partial charge in [0.1, 0.15) is 12.3 Å². The lowest BCUT2D eigenvalue weighted by atomic mass is 10.3. The molecule has 1 aliphatic heterocycles. The number of ether oxygens (including phenoxy) is 3. The van der Waals surface area contributed by atoms with Crippen molar-refractivity contribution in [2.75, 3.05) is 6.79 Å². The molecule has 0 radical (unpaired) electrons. The van der Waals surface area contributed by atoms with E-state index in [0.29, 0.717) is 29.3 Å². The lowest BCUT2D eigenvalue weighted by Gasteiger charge is -2.06. The van der Waals surface area contributed by atoms with E-state index in [4.69, 9.17) is 14.2 Å². The number of benzene rings is 2. The number of aromatic nitrogens is 2. The zero-order valence-electron chi connectivity index (χ0n) is 13.6. The fourth-order valence-corrected chi connectivity index (χ4v) is 2.96. The number of para-hydroxylation sites is 2. The summed E-state index contributed by atoms with van der Waals surface area (Å²) in [4.78, 5) is 24.9. The van der Waals surface area contributed by atoms with Crippen LogP contribution in [0.25, 0.3) is 11.0 Å². The van der Waals surface area contributed by atoms with Gasteiger partial charge in [0.25, 0.3) is 0 Å². The first-order chi connectivity index (χ1) is 12.2. The van der Waals surface area contributed by atoms with Gasteiger partial charge in [0, 0.05) is 12.6 Å². The SMILES string of the molecule is CCn1c(=O)n(CC(=O)Oc2ccc3c(c2)OCO3)c2ccccc21. The van der Waals surface area contributed by atoms with Gasteiger partial charge < -0.3 is 14.2 Å². The molecule has 128 valence electrons. The second-order valence-corrected chi connectivity index (χ2v) is 5.59. The van der Waals surface area contributed by atoms with Crippen molar-refractivity contribution >= 4 is 17.0 Å².